The molecule has 0 unspecified atom stereocenters. The quantitative estimate of drug-likeness (QED) is 0.653. The van der Waals surface area contributed by atoms with Gasteiger partial charge in [0.2, 0.25) is 0 Å². The predicted octanol–water partition coefficient (Wildman–Crippen LogP) is 4.35. The first-order valence-electron chi connectivity index (χ1n) is 6.93. The molecule has 0 amide bonds. The van der Waals surface area contributed by atoms with Gasteiger partial charge in [0, 0.05) is 10.9 Å². The molecule has 1 aromatic heterocycles. The summed E-state index contributed by atoms with van der Waals surface area (Å²) >= 11 is 0. The summed E-state index contributed by atoms with van der Waals surface area (Å²) in [4.78, 5) is 0. The summed E-state index contributed by atoms with van der Waals surface area (Å²) in [7, 11) is -1.45. The topological polar surface area (TPSA) is 26.0 Å². The second-order valence-corrected chi connectivity index (χ2v) is 11.4. The first-order chi connectivity index (χ1) is 9.47. The van der Waals surface area contributed by atoms with Gasteiger partial charge in [0.25, 0.3) is 0 Å². The lowest BCUT2D eigenvalue weighted by Gasteiger charge is -2.17. The Morgan fingerprint density at radius 2 is 1.70 bits per heavy atom. The Hall–Kier alpha value is -1.87. The number of hydrogen-bond acceptors (Lipinski definition) is 2. The van der Waals surface area contributed by atoms with Crippen LogP contribution in [0, 0.1) is 6.92 Å². The minimum atomic E-state index is -1.45. The van der Waals surface area contributed by atoms with E-state index in [9.17, 15) is 0 Å². The molecule has 0 spiro atoms. The van der Waals surface area contributed by atoms with Crippen LogP contribution in [0.15, 0.2) is 47.0 Å². The van der Waals surface area contributed by atoms with Gasteiger partial charge in [-0.2, -0.15) is 0 Å². The van der Waals surface area contributed by atoms with Gasteiger partial charge < -0.3 is 4.52 Å². The summed E-state index contributed by atoms with van der Waals surface area (Å²) in [6.45, 7) is 9.16. The highest BCUT2D eigenvalue weighted by atomic mass is 28.3. The maximum Gasteiger partial charge on any atom is 0.166 e. The minimum absolute atomic E-state index is 0.948. The second-order valence-electron chi connectivity index (χ2n) is 6.34. The molecule has 2 aromatic carbocycles. The number of fused-ring (bicyclic) bond motifs is 1. The first kappa shape index (κ1) is 13.1. The summed E-state index contributed by atoms with van der Waals surface area (Å²) in [5.74, 6) is 0. The van der Waals surface area contributed by atoms with Crippen molar-refractivity contribution in [3.8, 4) is 11.3 Å². The van der Waals surface area contributed by atoms with Crippen LogP contribution in [0.5, 0.6) is 0 Å². The van der Waals surface area contributed by atoms with E-state index in [0.717, 1.165) is 22.2 Å². The molecule has 3 rings (SSSR count). The summed E-state index contributed by atoms with van der Waals surface area (Å²) in [6.07, 6.45) is 0. The Bertz CT molecular complexity index is 754. The van der Waals surface area contributed by atoms with Crippen molar-refractivity contribution in [2.75, 3.05) is 0 Å². The maximum absolute atomic E-state index is 5.70. The third-order valence-electron chi connectivity index (χ3n) is 3.57. The van der Waals surface area contributed by atoms with Crippen LogP contribution in [0.4, 0.5) is 0 Å². The van der Waals surface area contributed by atoms with Crippen LogP contribution >= 0.6 is 0 Å². The van der Waals surface area contributed by atoms with Crippen molar-refractivity contribution in [1.82, 2.24) is 5.16 Å². The molecule has 2 nitrogen and oxygen atoms in total. The highest BCUT2D eigenvalue weighted by molar-refractivity contribution is 6.90. The lowest BCUT2D eigenvalue weighted by atomic mass is 10.1. The lowest BCUT2D eigenvalue weighted by Crippen LogP contribution is -2.38. The van der Waals surface area contributed by atoms with Crippen molar-refractivity contribution in [3.63, 3.8) is 0 Å². The highest BCUT2D eigenvalue weighted by Gasteiger charge is 2.24. The van der Waals surface area contributed by atoms with Crippen molar-refractivity contribution in [3.05, 3.63) is 48.0 Å². The van der Waals surface area contributed by atoms with E-state index in [0.29, 0.717) is 0 Å². The number of aryl methyl sites for hydroxylation is 1. The molecule has 0 radical (unpaired) electrons. The molecule has 0 fully saturated rings. The Morgan fingerprint density at radius 1 is 1.00 bits per heavy atom. The van der Waals surface area contributed by atoms with Crippen molar-refractivity contribution in [2.45, 2.75) is 26.6 Å². The van der Waals surface area contributed by atoms with E-state index in [-0.39, 0.29) is 0 Å². The minimum Gasteiger partial charge on any atom is -0.356 e. The van der Waals surface area contributed by atoms with Gasteiger partial charge in [-0.3, -0.25) is 0 Å². The summed E-state index contributed by atoms with van der Waals surface area (Å²) in [6, 6.07) is 14.7. The third-order valence-corrected chi connectivity index (χ3v) is 5.56. The molecule has 1 heterocycles. The number of rotatable bonds is 2. The predicted molar refractivity (Wildman–Crippen MR) is 87.2 cm³/mol. The summed E-state index contributed by atoms with van der Waals surface area (Å²) < 4.78 is 5.70. The maximum atomic E-state index is 5.70. The lowest BCUT2D eigenvalue weighted by molar-refractivity contribution is 0.461. The molecule has 102 valence electrons. The van der Waals surface area contributed by atoms with Gasteiger partial charge in [-0.15, -0.1) is 0 Å². The Balaban J connectivity index is 2.31. The van der Waals surface area contributed by atoms with Gasteiger partial charge in [-0.05, 0) is 18.2 Å². The largest absolute Gasteiger partial charge is 0.356 e. The molecule has 3 aromatic rings. The Morgan fingerprint density at radius 3 is 2.35 bits per heavy atom. The number of hydrogen-bond donors (Lipinski definition) is 0. The molecule has 3 heteroatoms. The van der Waals surface area contributed by atoms with Gasteiger partial charge in [-0.25, -0.2) is 0 Å². The van der Waals surface area contributed by atoms with E-state index >= 15 is 0 Å². The fourth-order valence-corrected chi connectivity index (χ4v) is 4.07. The average molecular weight is 281 g/mol. The van der Waals surface area contributed by atoms with Gasteiger partial charge in [0.15, 0.2) is 5.58 Å². The monoisotopic (exact) mass is 281 g/mol. The molecule has 0 bridgehead atoms. The zero-order valence-corrected chi connectivity index (χ0v) is 13.4. The van der Waals surface area contributed by atoms with Crippen LogP contribution < -0.4 is 5.19 Å². The summed E-state index contributed by atoms with van der Waals surface area (Å²) in [5, 5.41) is 6.81. The molecule has 0 atom stereocenters. The SMILES string of the molecule is Cc1cc([Si](C)(C)C)c2onc(-c3ccccc3)c2c1. The van der Waals surface area contributed by atoms with Crippen molar-refractivity contribution < 1.29 is 4.52 Å². The molecular formula is C17H19NOSi. The smallest absolute Gasteiger partial charge is 0.166 e. The molecule has 0 aliphatic heterocycles. The summed E-state index contributed by atoms with van der Waals surface area (Å²) in [5.41, 5.74) is 4.30. The Labute approximate surface area is 120 Å². The molecule has 0 aliphatic rings. The van der Waals surface area contributed by atoms with E-state index < -0.39 is 8.07 Å². The highest BCUT2D eigenvalue weighted by Crippen LogP contribution is 2.28. The van der Waals surface area contributed by atoms with Crippen LogP contribution in [0.3, 0.4) is 0 Å². The van der Waals surface area contributed by atoms with E-state index in [1.54, 1.807) is 0 Å². The fraction of sp³-hybridized carbons (Fsp3) is 0.235. The zero-order valence-electron chi connectivity index (χ0n) is 12.4. The van der Waals surface area contributed by atoms with E-state index in [4.69, 9.17) is 4.52 Å². The Kier molecular flexibility index (Phi) is 3.02. The van der Waals surface area contributed by atoms with Crippen LogP contribution in [0.2, 0.25) is 19.6 Å². The number of nitrogens with zero attached hydrogens (tertiary/aromatic N) is 1. The van der Waals surface area contributed by atoms with Gasteiger partial charge in [0.1, 0.15) is 5.69 Å². The molecule has 0 aliphatic carbocycles. The van der Waals surface area contributed by atoms with Crippen LogP contribution in [-0.4, -0.2) is 13.2 Å². The third kappa shape index (κ3) is 2.18. The fourth-order valence-electron chi connectivity index (χ4n) is 2.55. The molecule has 0 N–H and O–H groups in total. The van der Waals surface area contributed by atoms with Gasteiger partial charge in [0.05, 0.1) is 8.07 Å². The van der Waals surface area contributed by atoms with Crippen molar-refractivity contribution >= 4 is 24.2 Å². The van der Waals surface area contributed by atoms with Crippen molar-refractivity contribution in [2.24, 2.45) is 0 Å². The second kappa shape index (κ2) is 4.60. The normalized spacial score (nSPS) is 12.0. The van der Waals surface area contributed by atoms with E-state index in [1.165, 1.54) is 10.8 Å². The standard InChI is InChI=1S/C17H19NOSi/c1-12-10-14-16(13-8-6-5-7-9-13)18-19-17(14)15(11-12)20(2,3)4/h5-11H,1-4H3. The zero-order chi connectivity index (χ0) is 14.3. The molecular weight excluding hydrogens is 262 g/mol. The van der Waals surface area contributed by atoms with Crippen LogP contribution in [0.25, 0.3) is 22.2 Å². The molecule has 0 saturated carbocycles. The number of aromatic nitrogens is 1. The van der Waals surface area contributed by atoms with Gasteiger partial charge >= 0.3 is 0 Å². The average Bonchev–Trinajstić information content (AvgIpc) is 2.81. The first-order valence-corrected chi connectivity index (χ1v) is 10.4. The molecule has 20 heavy (non-hydrogen) atoms. The number of benzene rings is 2. The van der Waals surface area contributed by atoms with Crippen LogP contribution in [-0.2, 0) is 0 Å². The van der Waals surface area contributed by atoms with Crippen LogP contribution in [0.1, 0.15) is 5.56 Å². The van der Waals surface area contributed by atoms with Crippen molar-refractivity contribution in [1.29, 1.82) is 0 Å². The van der Waals surface area contributed by atoms with E-state index in [1.807, 2.05) is 18.2 Å². The van der Waals surface area contributed by atoms with Gasteiger partial charge in [-0.1, -0.05) is 66.8 Å². The molecule has 0 saturated heterocycles. The van der Waals surface area contributed by atoms with E-state index in [2.05, 4.69) is 56.0 Å².